The molecule has 1 aromatic rings. The maximum absolute atomic E-state index is 10.0. The molecule has 1 atom stereocenters. The van der Waals surface area contributed by atoms with Gasteiger partial charge in [0, 0.05) is 21.2 Å². The van der Waals surface area contributed by atoms with Crippen LogP contribution in [0.5, 0.6) is 0 Å². The second-order valence-corrected chi connectivity index (χ2v) is 5.96. The fourth-order valence-electron chi connectivity index (χ4n) is 2.18. The van der Waals surface area contributed by atoms with Crippen molar-refractivity contribution in [3.8, 4) is 0 Å². The van der Waals surface area contributed by atoms with Crippen LogP contribution in [-0.2, 0) is 6.42 Å². The molecule has 0 saturated heterocycles. The van der Waals surface area contributed by atoms with Crippen molar-refractivity contribution < 1.29 is 5.11 Å². The lowest BCUT2D eigenvalue weighted by molar-refractivity contribution is 0.112. The fraction of sp³-hybridized carbons (Fsp3) is 0.636. The van der Waals surface area contributed by atoms with Gasteiger partial charge in [0.25, 0.3) is 0 Å². The lowest BCUT2D eigenvalue weighted by Crippen LogP contribution is -2.19. The number of hydrogen-bond donors (Lipinski definition) is 1. The van der Waals surface area contributed by atoms with Gasteiger partial charge in [0.05, 0.1) is 6.10 Å². The molecule has 0 aromatic carbocycles. The molecule has 1 aromatic heterocycles. The molecule has 0 amide bonds. The van der Waals surface area contributed by atoms with E-state index in [2.05, 4.69) is 27.4 Å². The van der Waals surface area contributed by atoms with E-state index in [9.17, 15) is 5.11 Å². The monoisotopic (exact) mass is 274 g/mol. The number of hydrogen-bond acceptors (Lipinski definition) is 2. The summed E-state index contributed by atoms with van der Waals surface area (Å²) in [5.41, 5.74) is 0. The molecule has 1 aliphatic rings. The van der Waals surface area contributed by atoms with Crippen LogP contribution in [0.15, 0.2) is 15.9 Å². The van der Waals surface area contributed by atoms with E-state index >= 15 is 0 Å². The van der Waals surface area contributed by atoms with Crippen LogP contribution in [0.4, 0.5) is 0 Å². The number of thiophene rings is 1. The maximum atomic E-state index is 10.0. The molecule has 2 rings (SSSR count). The lowest BCUT2D eigenvalue weighted by atomic mass is 9.98. The summed E-state index contributed by atoms with van der Waals surface area (Å²) in [6.07, 6.45) is 5.75. The largest absolute Gasteiger partial charge is 0.392 e. The molecule has 0 aliphatic heterocycles. The van der Waals surface area contributed by atoms with Gasteiger partial charge in [-0.2, -0.15) is 0 Å². The molecule has 0 radical (unpaired) electrons. The van der Waals surface area contributed by atoms with Crippen LogP contribution >= 0.6 is 27.3 Å². The van der Waals surface area contributed by atoms with Gasteiger partial charge in [-0.3, -0.25) is 0 Å². The highest BCUT2D eigenvalue weighted by Crippen LogP contribution is 2.30. The molecular weight excluding hydrogens is 260 g/mol. The van der Waals surface area contributed by atoms with Crippen molar-refractivity contribution in [1.29, 1.82) is 0 Å². The van der Waals surface area contributed by atoms with Crippen LogP contribution in [-0.4, -0.2) is 11.2 Å². The minimum absolute atomic E-state index is 0.122. The molecule has 78 valence electrons. The Bertz CT molecular complexity index is 291. The van der Waals surface area contributed by atoms with Crippen molar-refractivity contribution in [1.82, 2.24) is 0 Å². The maximum Gasteiger partial charge on any atom is 0.0616 e. The third-order valence-electron chi connectivity index (χ3n) is 2.98. The highest BCUT2D eigenvalue weighted by atomic mass is 79.9. The fourth-order valence-corrected chi connectivity index (χ4v) is 3.68. The Labute approximate surface area is 97.3 Å². The molecular formula is C11H15BrOS. The van der Waals surface area contributed by atoms with E-state index in [1.54, 1.807) is 11.3 Å². The lowest BCUT2D eigenvalue weighted by Gasteiger charge is -2.16. The van der Waals surface area contributed by atoms with Crippen LogP contribution in [0.3, 0.4) is 0 Å². The Morgan fingerprint density at radius 3 is 2.79 bits per heavy atom. The molecule has 1 unspecified atom stereocenters. The summed E-state index contributed by atoms with van der Waals surface area (Å²) in [6.45, 7) is 0. The van der Waals surface area contributed by atoms with Crippen LogP contribution in [0.25, 0.3) is 0 Å². The molecule has 1 nitrogen and oxygen atoms in total. The molecule has 1 saturated carbocycles. The number of rotatable bonds is 3. The molecule has 0 bridgehead atoms. The average molecular weight is 275 g/mol. The van der Waals surface area contributed by atoms with Gasteiger partial charge in [-0.15, -0.1) is 11.3 Å². The molecule has 1 N–H and O–H groups in total. The quantitative estimate of drug-likeness (QED) is 0.893. The Morgan fingerprint density at radius 2 is 2.21 bits per heavy atom. The number of aliphatic hydroxyl groups excluding tert-OH is 1. The van der Waals surface area contributed by atoms with Gasteiger partial charge in [-0.25, -0.2) is 0 Å². The van der Waals surface area contributed by atoms with Gasteiger partial charge in [0.2, 0.25) is 0 Å². The van der Waals surface area contributed by atoms with Crippen LogP contribution < -0.4 is 0 Å². The summed E-state index contributed by atoms with van der Waals surface area (Å²) in [5.74, 6) is 0.552. The van der Waals surface area contributed by atoms with Gasteiger partial charge in [-0.05, 0) is 40.8 Å². The third kappa shape index (κ3) is 2.59. The van der Waals surface area contributed by atoms with E-state index in [0.717, 1.165) is 10.9 Å². The van der Waals surface area contributed by atoms with Crippen molar-refractivity contribution in [2.45, 2.75) is 38.2 Å². The average Bonchev–Trinajstić information content (AvgIpc) is 2.75. The summed E-state index contributed by atoms with van der Waals surface area (Å²) in [6, 6.07) is 2.11. The zero-order chi connectivity index (χ0) is 9.97. The van der Waals surface area contributed by atoms with E-state index in [4.69, 9.17) is 0 Å². The van der Waals surface area contributed by atoms with E-state index in [1.807, 2.05) is 0 Å². The minimum Gasteiger partial charge on any atom is -0.392 e. The first kappa shape index (κ1) is 10.7. The standard InChI is InChI=1S/C11H15BrOS/c12-9-5-10(14-7-9)6-11(13)8-3-1-2-4-8/h5,7-8,11,13H,1-4,6H2. The van der Waals surface area contributed by atoms with Gasteiger partial charge in [-0.1, -0.05) is 12.8 Å². The predicted octanol–water partition coefficient (Wildman–Crippen LogP) is 3.60. The molecule has 3 heteroatoms. The van der Waals surface area contributed by atoms with Gasteiger partial charge in [0.15, 0.2) is 0 Å². The van der Waals surface area contributed by atoms with Crippen LogP contribution in [0.2, 0.25) is 0 Å². The minimum atomic E-state index is -0.122. The molecule has 1 aliphatic carbocycles. The normalized spacial score (nSPS) is 20.1. The third-order valence-corrected chi connectivity index (χ3v) is 4.70. The van der Waals surface area contributed by atoms with Crippen molar-refractivity contribution in [2.24, 2.45) is 5.92 Å². The molecule has 14 heavy (non-hydrogen) atoms. The van der Waals surface area contributed by atoms with Gasteiger partial charge < -0.3 is 5.11 Å². The smallest absolute Gasteiger partial charge is 0.0616 e. The predicted molar refractivity (Wildman–Crippen MR) is 63.7 cm³/mol. The highest BCUT2D eigenvalue weighted by molar-refractivity contribution is 9.10. The highest BCUT2D eigenvalue weighted by Gasteiger charge is 2.23. The van der Waals surface area contributed by atoms with Crippen LogP contribution in [0.1, 0.15) is 30.6 Å². The van der Waals surface area contributed by atoms with Crippen LogP contribution in [0, 0.1) is 5.92 Å². The summed E-state index contributed by atoms with van der Waals surface area (Å²) < 4.78 is 1.14. The van der Waals surface area contributed by atoms with Crippen molar-refractivity contribution in [3.63, 3.8) is 0 Å². The van der Waals surface area contributed by atoms with Crippen molar-refractivity contribution in [2.75, 3.05) is 0 Å². The first-order valence-corrected chi connectivity index (χ1v) is 6.84. The van der Waals surface area contributed by atoms with E-state index in [1.165, 1.54) is 30.6 Å². The number of halogens is 1. The zero-order valence-corrected chi connectivity index (χ0v) is 10.5. The topological polar surface area (TPSA) is 20.2 Å². The first-order chi connectivity index (χ1) is 6.75. The molecule has 1 fully saturated rings. The van der Waals surface area contributed by atoms with E-state index < -0.39 is 0 Å². The summed E-state index contributed by atoms with van der Waals surface area (Å²) in [4.78, 5) is 1.29. The van der Waals surface area contributed by atoms with Gasteiger partial charge in [0.1, 0.15) is 0 Å². The Hall–Kier alpha value is 0.140. The summed E-state index contributed by atoms with van der Waals surface area (Å²) >= 11 is 5.16. The van der Waals surface area contributed by atoms with E-state index in [-0.39, 0.29) is 6.10 Å². The van der Waals surface area contributed by atoms with Crippen molar-refractivity contribution >= 4 is 27.3 Å². The Morgan fingerprint density at radius 1 is 1.50 bits per heavy atom. The first-order valence-electron chi connectivity index (χ1n) is 5.16. The zero-order valence-electron chi connectivity index (χ0n) is 8.08. The molecule has 0 spiro atoms. The van der Waals surface area contributed by atoms with E-state index in [0.29, 0.717) is 5.92 Å². The number of aliphatic hydroxyl groups is 1. The van der Waals surface area contributed by atoms with Gasteiger partial charge >= 0.3 is 0 Å². The second-order valence-electron chi connectivity index (χ2n) is 4.05. The Kier molecular flexibility index (Phi) is 3.63. The van der Waals surface area contributed by atoms with Crippen molar-refractivity contribution in [3.05, 3.63) is 20.8 Å². The summed E-state index contributed by atoms with van der Waals surface area (Å²) in [5, 5.41) is 12.1. The molecule has 1 heterocycles. The Balaban J connectivity index is 1.90. The SMILES string of the molecule is OC(Cc1cc(Br)cs1)C1CCCC1. The second kappa shape index (κ2) is 4.77. The summed E-state index contributed by atoms with van der Waals surface area (Å²) in [7, 11) is 0.